The molecule has 0 saturated carbocycles. The second-order valence-corrected chi connectivity index (χ2v) is 6.27. The summed E-state index contributed by atoms with van der Waals surface area (Å²) in [6.45, 7) is 5.30. The number of hydrogen-bond donors (Lipinski definition) is 2. The first-order chi connectivity index (χ1) is 11.8. The Bertz CT molecular complexity index is 719. The molecule has 136 valence electrons. The Kier molecular flexibility index (Phi) is 5.89. The fraction of sp³-hybridized carbons (Fsp3) is 0.471. The van der Waals surface area contributed by atoms with Gasteiger partial charge in [0, 0.05) is 5.71 Å². The Balaban J connectivity index is 2.45. The minimum Gasteiger partial charge on any atom is -0.503 e. The number of esters is 1. The van der Waals surface area contributed by atoms with Gasteiger partial charge in [-0.15, -0.1) is 0 Å². The monoisotopic (exact) mass is 368 g/mol. The first kappa shape index (κ1) is 19.1. The Morgan fingerprint density at radius 3 is 2.76 bits per heavy atom. The molecule has 3 unspecified atom stereocenters. The fourth-order valence-electron chi connectivity index (χ4n) is 2.59. The number of aromatic hydroxyl groups is 1. The van der Waals surface area contributed by atoms with Gasteiger partial charge in [-0.2, -0.15) is 0 Å². The lowest BCUT2D eigenvalue weighted by Gasteiger charge is -2.30. The zero-order valence-electron chi connectivity index (χ0n) is 14.5. The van der Waals surface area contributed by atoms with Gasteiger partial charge in [0.05, 0.1) is 24.3 Å². The van der Waals surface area contributed by atoms with Gasteiger partial charge in [0.25, 0.3) is 0 Å². The van der Waals surface area contributed by atoms with E-state index in [-0.39, 0.29) is 22.6 Å². The van der Waals surface area contributed by atoms with Crippen molar-refractivity contribution in [2.75, 3.05) is 7.11 Å². The van der Waals surface area contributed by atoms with E-state index in [4.69, 9.17) is 21.1 Å². The van der Waals surface area contributed by atoms with Crippen LogP contribution in [0.1, 0.15) is 38.8 Å². The quantitative estimate of drug-likeness (QED) is 0.777. The van der Waals surface area contributed by atoms with Crippen LogP contribution < -0.4 is 10.1 Å². The van der Waals surface area contributed by atoms with Gasteiger partial charge in [-0.05, 0) is 38.0 Å². The number of nitrogens with one attached hydrogen (secondary N) is 1. The van der Waals surface area contributed by atoms with E-state index in [1.54, 1.807) is 13.8 Å². The maximum absolute atomic E-state index is 12.6. The molecule has 1 aliphatic rings. The molecule has 3 atom stereocenters. The van der Waals surface area contributed by atoms with Crippen LogP contribution in [-0.4, -0.2) is 36.0 Å². The fourth-order valence-corrected chi connectivity index (χ4v) is 2.80. The third-order valence-corrected chi connectivity index (χ3v) is 4.40. The summed E-state index contributed by atoms with van der Waals surface area (Å²) in [5, 5.41) is 12.6. The van der Waals surface area contributed by atoms with E-state index in [1.807, 2.05) is 6.92 Å². The summed E-state index contributed by atoms with van der Waals surface area (Å²) in [6, 6.07) is 1.72. The van der Waals surface area contributed by atoms with Gasteiger partial charge in [0.15, 0.2) is 11.5 Å². The number of ether oxygens (including phenoxy) is 2. The molecule has 1 aliphatic heterocycles. The van der Waals surface area contributed by atoms with E-state index < -0.39 is 24.0 Å². The molecule has 0 spiro atoms. The maximum Gasteiger partial charge on any atom is 0.341 e. The Labute approximate surface area is 151 Å². The molecule has 0 fully saturated rings. The molecule has 2 amide bonds. The third-order valence-electron chi connectivity index (χ3n) is 4.12. The van der Waals surface area contributed by atoms with Crippen molar-refractivity contribution in [3.8, 4) is 11.5 Å². The van der Waals surface area contributed by atoms with E-state index >= 15 is 0 Å². The Hall–Kier alpha value is -2.28. The van der Waals surface area contributed by atoms with E-state index in [1.165, 1.54) is 19.2 Å². The molecule has 0 saturated heterocycles. The van der Waals surface area contributed by atoms with Crippen molar-refractivity contribution in [1.82, 2.24) is 5.32 Å². The summed E-state index contributed by atoms with van der Waals surface area (Å²) in [5.41, 5.74) is 0.860. The molecule has 8 heteroatoms. The van der Waals surface area contributed by atoms with Crippen molar-refractivity contribution in [2.45, 2.75) is 39.3 Å². The molecule has 1 aromatic rings. The number of aliphatic imine (C=N–C) groups is 1. The van der Waals surface area contributed by atoms with Crippen LogP contribution in [0.2, 0.25) is 5.02 Å². The number of nitrogens with zero attached hydrogens (tertiary/aromatic N) is 1. The molecule has 1 aromatic carbocycles. The molecule has 7 nitrogen and oxygen atoms in total. The first-order valence-electron chi connectivity index (χ1n) is 7.91. The zero-order valence-corrected chi connectivity index (χ0v) is 15.3. The largest absolute Gasteiger partial charge is 0.503 e. The number of amides is 2. The minimum atomic E-state index is -0.794. The van der Waals surface area contributed by atoms with Crippen molar-refractivity contribution in [1.29, 1.82) is 0 Å². The molecule has 0 aliphatic carbocycles. The lowest BCUT2D eigenvalue weighted by molar-refractivity contribution is -0.151. The van der Waals surface area contributed by atoms with E-state index in [0.29, 0.717) is 17.7 Å². The molecular formula is C17H21ClN2O5. The van der Waals surface area contributed by atoms with Gasteiger partial charge in [-0.1, -0.05) is 18.5 Å². The molecule has 2 rings (SSSR count). The first-order valence-corrected chi connectivity index (χ1v) is 8.28. The standard InChI is InChI=1S/C17H21ClN2O5/c1-5-8(2)25-16(22)13-9(3)19-17(23)20-14(13)10-6-11(18)15(21)12(7-10)24-4/h6-8,13-14,21H,5H2,1-4H3,(H,20,23). The normalized spacial score (nSPS) is 21.2. The molecule has 0 radical (unpaired) electrons. The number of hydrogen-bond acceptors (Lipinski definition) is 5. The van der Waals surface area contributed by atoms with Gasteiger partial charge < -0.3 is 19.9 Å². The summed E-state index contributed by atoms with van der Waals surface area (Å²) in [5.74, 6) is -1.34. The highest BCUT2D eigenvalue weighted by molar-refractivity contribution is 6.32. The predicted molar refractivity (Wildman–Crippen MR) is 93.4 cm³/mol. The van der Waals surface area contributed by atoms with Crippen molar-refractivity contribution in [3.63, 3.8) is 0 Å². The smallest absolute Gasteiger partial charge is 0.341 e. The third kappa shape index (κ3) is 4.04. The van der Waals surface area contributed by atoms with Crippen LogP contribution in [0.4, 0.5) is 4.79 Å². The number of halogens is 1. The SMILES string of the molecule is CCC(C)OC(=O)C1C(C)=NC(=O)NC1c1cc(Cl)c(O)c(OC)c1. The number of rotatable bonds is 5. The summed E-state index contributed by atoms with van der Waals surface area (Å²) >= 11 is 6.03. The highest BCUT2D eigenvalue weighted by Crippen LogP contribution is 2.39. The number of benzene rings is 1. The van der Waals surface area contributed by atoms with Gasteiger partial charge in [-0.3, -0.25) is 4.79 Å². The highest BCUT2D eigenvalue weighted by atomic mass is 35.5. The maximum atomic E-state index is 12.6. The number of phenols is 1. The number of urea groups is 1. The molecular weight excluding hydrogens is 348 g/mol. The van der Waals surface area contributed by atoms with Crippen LogP contribution in [0.25, 0.3) is 0 Å². The average molecular weight is 369 g/mol. The van der Waals surface area contributed by atoms with Crippen molar-refractivity contribution in [3.05, 3.63) is 22.7 Å². The van der Waals surface area contributed by atoms with Gasteiger partial charge >= 0.3 is 12.0 Å². The average Bonchev–Trinajstić information content (AvgIpc) is 2.56. The van der Waals surface area contributed by atoms with Crippen LogP contribution in [0.5, 0.6) is 11.5 Å². The zero-order chi connectivity index (χ0) is 18.7. The second kappa shape index (κ2) is 7.74. The highest BCUT2D eigenvalue weighted by Gasteiger charge is 2.39. The molecule has 2 N–H and O–H groups in total. The molecule has 1 heterocycles. The lowest BCUT2D eigenvalue weighted by atomic mass is 9.88. The topological polar surface area (TPSA) is 97.2 Å². The van der Waals surface area contributed by atoms with E-state index in [0.717, 1.165) is 0 Å². The molecule has 0 aromatic heterocycles. The molecule has 25 heavy (non-hydrogen) atoms. The van der Waals surface area contributed by atoms with Gasteiger partial charge in [0.2, 0.25) is 0 Å². The minimum absolute atomic E-state index is 0.0535. The molecule has 0 bridgehead atoms. The van der Waals surface area contributed by atoms with Gasteiger partial charge in [0.1, 0.15) is 5.92 Å². The number of carbonyl (C=O) groups is 2. The van der Waals surface area contributed by atoms with Crippen LogP contribution in [0.3, 0.4) is 0 Å². The van der Waals surface area contributed by atoms with Gasteiger partial charge in [-0.25, -0.2) is 9.79 Å². The summed E-state index contributed by atoms with van der Waals surface area (Å²) in [7, 11) is 1.38. The van der Waals surface area contributed by atoms with Crippen LogP contribution >= 0.6 is 11.6 Å². The van der Waals surface area contributed by atoms with Crippen molar-refractivity contribution < 1.29 is 24.2 Å². The van der Waals surface area contributed by atoms with Crippen LogP contribution in [-0.2, 0) is 9.53 Å². The summed E-state index contributed by atoms with van der Waals surface area (Å²) in [4.78, 5) is 28.3. The van der Waals surface area contributed by atoms with Crippen molar-refractivity contribution >= 4 is 29.3 Å². The van der Waals surface area contributed by atoms with E-state index in [2.05, 4.69) is 10.3 Å². The predicted octanol–water partition coefficient (Wildman–Crippen LogP) is 3.24. The van der Waals surface area contributed by atoms with Crippen molar-refractivity contribution in [2.24, 2.45) is 10.9 Å². The second-order valence-electron chi connectivity index (χ2n) is 5.87. The lowest BCUT2D eigenvalue weighted by Crippen LogP contribution is -2.44. The summed E-state index contributed by atoms with van der Waals surface area (Å²) in [6.07, 6.45) is 0.418. The Morgan fingerprint density at radius 2 is 2.16 bits per heavy atom. The van der Waals surface area contributed by atoms with Crippen LogP contribution in [0, 0.1) is 5.92 Å². The summed E-state index contributed by atoms with van der Waals surface area (Å²) < 4.78 is 10.5. The van der Waals surface area contributed by atoms with E-state index in [9.17, 15) is 14.7 Å². The Morgan fingerprint density at radius 1 is 1.48 bits per heavy atom. The number of phenolic OH excluding ortho intramolecular Hbond substituents is 1. The van der Waals surface area contributed by atoms with Crippen LogP contribution in [0.15, 0.2) is 17.1 Å². The number of carbonyl (C=O) groups excluding carboxylic acids is 2. The number of methoxy groups -OCH3 is 1.